The normalized spacial score (nSPS) is 11.1. The SMILES string of the molecule is CCO[Si](CC)(OCC)OCC.[Ca+2].[H-].[H-]. The van der Waals surface area contributed by atoms with Crippen molar-refractivity contribution in [2.24, 2.45) is 0 Å². The van der Waals surface area contributed by atoms with Crippen molar-refractivity contribution in [1.29, 1.82) is 0 Å². The van der Waals surface area contributed by atoms with Crippen molar-refractivity contribution in [3.8, 4) is 0 Å². The van der Waals surface area contributed by atoms with Crippen LogP contribution < -0.4 is 0 Å². The molecule has 0 saturated heterocycles. The molecular weight excluding hydrogens is 212 g/mol. The first kappa shape index (κ1) is 16.8. The summed E-state index contributed by atoms with van der Waals surface area (Å²) in [5.41, 5.74) is 0. The summed E-state index contributed by atoms with van der Waals surface area (Å²) in [4.78, 5) is 0. The summed E-state index contributed by atoms with van der Waals surface area (Å²) in [6.07, 6.45) is 0. The second-order valence-corrected chi connectivity index (χ2v) is 5.27. The largest absolute Gasteiger partial charge is 2.00 e. The van der Waals surface area contributed by atoms with E-state index in [4.69, 9.17) is 13.3 Å². The van der Waals surface area contributed by atoms with E-state index < -0.39 is 8.80 Å². The first-order valence-corrected chi connectivity index (χ1v) is 6.59. The third-order valence-corrected chi connectivity index (χ3v) is 4.58. The topological polar surface area (TPSA) is 27.7 Å². The molecule has 0 amide bonds. The van der Waals surface area contributed by atoms with Crippen LogP contribution in [0.4, 0.5) is 0 Å². The minimum absolute atomic E-state index is 0. The van der Waals surface area contributed by atoms with Gasteiger partial charge in [0.15, 0.2) is 0 Å². The van der Waals surface area contributed by atoms with Crippen LogP contribution in [0.15, 0.2) is 0 Å². The molecule has 0 N–H and O–H groups in total. The van der Waals surface area contributed by atoms with Crippen LogP contribution in [-0.2, 0) is 13.3 Å². The molecular formula is C8H22CaO3Si. The molecule has 0 unspecified atom stereocenters. The summed E-state index contributed by atoms with van der Waals surface area (Å²) in [6.45, 7) is 9.95. The Balaban J connectivity index is -0.000000202. The van der Waals surface area contributed by atoms with Crippen molar-refractivity contribution in [1.82, 2.24) is 0 Å². The minimum atomic E-state index is -2.27. The Hall–Kier alpha value is 1.36. The Morgan fingerprint density at radius 1 is 0.846 bits per heavy atom. The minimum Gasteiger partial charge on any atom is -1.00 e. The fourth-order valence-electron chi connectivity index (χ4n) is 1.09. The number of rotatable bonds is 7. The molecule has 78 valence electrons. The van der Waals surface area contributed by atoms with Crippen LogP contribution in [-0.4, -0.2) is 66.4 Å². The van der Waals surface area contributed by atoms with Crippen LogP contribution >= 0.6 is 0 Å². The van der Waals surface area contributed by atoms with Gasteiger partial charge in [-0.05, 0) is 20.8 Å². The molecule has 13 heavy (non-hydrogen) atoms. The van der Waals surface area contributed by atoms with Gasteiger partial charge in [-0.25, -0.2) is 0 Å². The third kappa shape index (κ3) is 6.44. The predicted octanol–water partition coefficient (Wildman–Crippen LogP) is 1.90. The van der Waals surface area contributed by atoms with Crippen LogP contribution in [0.3, 0.4) is 0 Å². The molecule has 0 spiro atoms. The Bertz CT molecular complexity index is 105. The molecule has 0 aromatic rings. The maximum absolute atomic E-state index is 5.55. The first-order chi connectivity index (χ1) is 5.74. The molecule has 0 bridgehead atoms. The third-order valence-electron chi connectivity index (χ3n) is 1.53. The molecule has 0 aromatic carbocycles. The summed E-state index contributed by atoms with van der Waals surface area (Å²) in [7, 11) is -2.27. The van der Waals surface area contributed by atoms with E-state index in [2.05, 4.69) is 0 Å². The van der Waals surface area contributed by atoms with Gasteiger partial charge in [-0.3, -0.25) is 0 Å². The van der Waals surface area contributed by atoms with E-state index in [0.29, 0.717) is 19.8 Å². The molecule has 0 fully saturated rings. The van der Waals surface area contributed by atoms with E-state index >= 15 is 0 Å². The van der Waals surface area contributed by atoms with Gasteiger partial charge in [0.25, 0.3) is 0 Å². The first-order valence-electron chi connectivity index (χ1n) is 4.66. The number of hydrogen-bond donors (Lipinski definition) is 0. The Labute approximate surface area is 115 Å². The van der Waals surface area contributed by atoms with E-state index in [1.165, 1.54) is 0 Å². The molecule has 5 heteroatoms. The van der Waals surface area contributed by atoms with E-state index in [-0.39, 0.29) is 40.6 Å². The van der Waals surface area contributed by atoms with Gasteiger partial charge < -0.3 is 16.1 Å². The second-order valence-electron chi connectivity index (χ2n) is 2.34. The van der Waals surface area contributed by atoms with E-state index in [0.717, 1.165) is 6.04 Å². The van der Waals surface area contributed by atoms with Crippen molar-refractivity contribution < 1.29 is 16.1 Å². The van der Waals surface area contributed by atoms with Gasteiger partial charge in [0.05, 0.1) is 0 Å². The molecule has 0 rings (SSSR count). The van der Waals surface area contributed by atoms with Crippen LogP contribution in [0, 0.1) is 0 Å². The second kappa shape index (κ2) is 9.89. The van der Waals surface area contributed by atoms with Crippen LogP contribution in [0.25, 0.3) is 0 Å². The maximum atomic E-state index is 5.55. The summed E-state index contributed by atoms with van der Waals surface area (Å²) < 4.78 is 16.7. The molecule has 0 atom stereocenters. The van der Waals surface area contributed by atoms with Crippen molar-refractivity contribution in [2.75, 3.05) is 19.8 Å². The zero-order valence-corrected chi connectivity index (χ0v) is 12.5. The van der Waals surface area contributed by atoms with E-state index in [1.807, 2.05) is 27.7 Å². The van der Waals surface area contributed by atoms with Gasteiger partial charge in [0.2, 0.25) is 0 Å². The van der Waals surface area contributed by atoms with Crippen LogP contribution in [0.5, 0.6) is 0 Å². The van der Waals surface area contributed by atoms with Gasteiger partial charge in [-0.2, -0.15) is 0 Å². The summed E-state index contributed by atoms with van der Waals surface area (Å²) in [6, 6.07) is 0.850. The smallest absolute Gasteiger partial charge is 1.00 e. The van der Waals surface area contributed by atoms with Crippen molar-refractivity contribution in [2.45, 2.75) is 33.7 Å². The summed E-state index contributed by atoms with van der Waals surface area (Å²) in [5.74, 6) is 0. The molecule has 0 aliphatic rings. The average molecular weight is 234 g/mol. The zero-order valence-electron chi connectivity index (χ0n) is 11.3. The van der Waals surface area contributed by atoms with Crippen LogP contribution in [0.1, 0.15) is 30.5 Å². The molecule has 0 aromatic heterocycles. The van der Waals surface area contributed by atoms with Crippen LogP contribution in [0.2, 0.25) is 6.04 Å². The Morgan fingerprint density at radius 3 is 1.31 bits per heavy atom. The monoisotopic (exact) mass is 234 g/mol. The maximum Gasteiger partial charge on any atom is 2.00 e. The van der Waals surface area contributed by atoms with Gasteiger partial charge in [0, 0.05) is 25.9 Å². The summed E-state index contributed by atoms with van der Waals surface area (Å²) in [5, 5.41) is 0. The predicted molar refractivity (Wildman–Crippen MR) is 59.1 cm³/mol. The molecule has 3 nitrogen and oxygen atoms in total. The quantitative estimate of drug-likeness (QED) is 0.630. The Kier molecular flexibility index (Phi) is 12.8. The number of hydrogen-bond acceptors (Lipinski definition) is 3. The van der Waals surface area contributed by atoms with Crippen molar-refractivity contribution >= 4 is 46.5 Å². The standard InChI is InChI=1S/C8H20O3Si.Ca.2H/c1-5-9-12(8-4,10-6-2)11-7-3;;;/h5-8H2,1-4H3;;;/q;+2;2*-1. The van der Waals surface area contributed by atoms with Crippen molar-refractivity contribution in [3.05, 3.63) is 0 Å². The van der Waals surface area contributed by atoms with Crippen molar-refractivity contribution in [3.63, 3.8) is 0 Å². The average Bonchev–Trinajstić information content (AvgIpc) is 2.06. The molecule has 0 aliphatic heterocycles. The zero-order chi connectivity index (χ0) is 9.45. The Morgan fingerprint density at radius 2 is 1.15 bits per heavy atom. The molecule has 0 radical (unpaired) electrons. The van der Waals surface area contributed by atoms with E-state index in [9.17, 15) is 0 Å². The van der Waals surface area contributed by atoms with Gasteiger partial charge in [-0.1, -0.05) is 6.92 Å². The van der Waals surface area contributed by atoms with Gasteiger partial charge >= 0.3 is 46.5 Å². The van der Waals surface area contributed by atoms with E-state index in [1.54, 1.807) is 0 Å². The molecule has 0 aliphatic carbocycles. The van der Waals surface area contributed by atoms with Gasteiger partial charge in [0.1, 0.15) is 0 Å². The fraction of sp³-hybridized carbons (Fsp3) is 1.00. The fourth-order valence-corrected chi connectivity index (χ4v) is 3.27. The summed E-state index contributed by atoms with van der Waals surface area (Å²) >= 11 is 0. The molecule has 0 saturated carbocycles. The van der Waals surface area contributed by atoms with Gasteiger partial charge in [-0.15, -0.1) is 0 Å². The molecule has 0 heterocycles.